The largest absolute Gasteiger partial charge is 0.480 e. The van der Waals surface area contributed by atoms with E-state index in [1.54, 1.807) is 69.4 Å². The second-order valence-corrected chi connectivity index (χ2v) is 20.2. The summed E-state index contributed by atoms with van der Waals surface area (Å²) >= 11 is 5.00. The molecule has 2 fully saturated rings. The summed E-state index contributed by atoms with van der Waals surface area (Å²) in [5.41, 5.74) is 5.59. The van der Waals surface area contributed by atoms with Crippen LogP contribution in [0.4, 0.5) is 26.3 Å². The van der Waals surface area contributed by atoms with Crippen molar-refractivity contribution >= 4 is 49.8 Å². The van der Waals surface area contributed by atoms with Gasteiger partial charge in [0.2, 0.25) is 11.8 Å². The molecular weight excluding hydrogens is 1150 g/mol. The highest BCUT2D eigenvalue weighted by Gasteiger charge is 2.37. The highest BCUT2D eigenvalue weighted by molar-refractivity contribution is 9.10. The van der Waals surface area contributed by atoms with Gasteiger partial charge in [-0.3, -0.25) is 0 Å². The van der Waals surface area contributed by atoms with Crippen LogP contribution in [-0.2, 0) is 38.5 Å². The van der Waals surface area contributed by atoms with E-state index >= 15 is 0 Å². The van der Waals surface area contributed by atoms with Crippen LogP contribution >= 0.6 is 27.7 Å². The number of halogens is 7. The van der Waals surface area contributed by atoms with Gasteiger partial charge in [0.25, 0.3) is 0 Å². The van der Waals surface area contributed by atoms with Crippen LogP contribution in [0.2, 0.25) is 0 Å². The number of fused-ring (bicyclic) bond motifs is 2. The Hall–Kier alpha value is -7.87. The van der Waals surface area contributed by atoms with Crippen molar-refractivity contribution in [3.8, 4) is 57.3 Å². The van der Waals surface area contributed by atoms with E-state index in [2.05, 4.69) is 60.9 Å². The number of rotatable bonds is 15. The molecule has 0 aliphatic heterocycles. The Kier molecular flexibility index (Phi) is 17.8. The molecule has 430 valence electrons. The van der Waals surface area contributed by atoms with Gasteiger partial charge in [-0.2, -0.15) is 36.5 Å². The molecule has 8 aromatic heterocycles. The molecule has 0 N–H and O–H groups in total. The maximum absolute atomic E-state index is 13.2. The van der Waals surface area contributed by atoms with Crippen molar-refractivity contribution in [2.75, 3.05) is 20.5 Å². The molecule has 2 aliphatic rings. The van der Waals surface area contributed by atoms with Gasteiger partial charge < -0.3 is 18.6 Å². The molecule has 0 radical (unpaired) electrons. The Morgan fingerprint density at radius 1 is 0.573 bits per heavy atom. The number of hydrogen-bond acceptors (Lipinski definition) is 15. The van der Waals surface area contributed by atoms with Crippen molar-refractivity contribution in [1.82, 2.24) is 78.5 Å². The molecule has 0 saturated heterocycles. The van der Waals surface area contributed by atoms with E-state index in [1.807, 2.05) is 35.2 Å². The van der Waals surface area contributed by atoms with Crippen molar-refractivity contribution in [3.05, 3.63) is 124 Å². The molecule has 2 aliphatic carbocycles. The molecule has 18 nitrogen and oxygen atoms in total. The van der Waals surface area contributed by atoms with Crippen LogP contribution < -0.4 is 9.47 Å². The zero-order valence-corrected chi connectivity index (χ0v) is 45.3. The van der Waals surface area contributed by atoms with Gasteiger partial charge in [-0.05, 0) is 72.8 Å². The highest BCUT2D eigenvalue weighted by Crippen LogP contribution is 2.46. The van der Waals surface area contributed by atoms with Crippen LogP contribution in [0.15, 0.2) is 95.6 Å². The third-order valence-corrected chi connectivity index (χ3v) is 14.7. The van der Waals surface area contributed by atoms with Gasteiger partial charge in [0.1, 0.15) is 45.1 Å². The Balaban J connectivity index is 0.000000207. The lowest BCUT2D eigenvalue weighted by Crippen LogP contribution is -2.05. The zero-order chi connectivity index (χ0) is 55.3. The normalized spacial score (nSPS) is 13.3. The van der Waals surface area contributed by atoms with E-state index in [0.29, 0.717) is 99.6 Å². The monoisotopic (exact) mass is 1210 g/mol. The molecule has 10 aromatic rings. The summed E-state index contributed by atoms with van der Waals surface area (Å²) in [6.45, 7) is 5.09. The van der Waals surface area contributed by atoms with Crippen LogP contribution in [-0.4, -0.2) is 99.0 Å². The first kappa shape index (κ1) is 60.2. The van der Waals surface area contributed by atoms with E-state index in [9.17, 15) is 26.3 Å². The van der Waals surface area contributed by atoms with Gasteiger partial charge in [0.05, 0.1) is 49.5 Å². The third-order valence-electron chi connectivity index (χ3n) is 13.4. The molecule has 2 saturated carbocycles. The molecule has 82 heavy (non-hydrogen) atoms. The fourth-order valence-corrected chi connectivity index (χ4v) is 10.2. The number of benzene rings is 2. The highest BCUT2D eigenvalue weighted by atomic mass is 79.9. The summed E-state index contributed by atoms with van der Waals surface area (Å²) in [5.74, 6) is 3.01. The summed E-state index contributed by atoms with van der Waals surface area (Å²) < 4.78 is 97.5. The first-order chi connectivity index (χ1) is 38.1. The lowest BCUT2D eigenvalue weighted by atomic mass is 10.1. The van der Waals surface area contributed by atoms with Crippen LogP contribution in [0.3, 0.4) is 0 Å². The van der Waals surface area contributed by atoms with Crippen LogP contribution in [0.1, 0.15) is 108 Å². The summed E-state index contributed by atoms with van der Waals surface area (Å²) in [6.07, 6.45) is 5.70. The number of methoxy groups -OCH3 is 2. The lowest BCUT2D eigenvalue weighted by Gasteiger charge is -2.11. The van der Waals surface area contributed by atoms with Gasteiger partial charge >= 0.3 is 12.4 Å². The number of ether oxygens (including phenoxy) is 2. The van der Waals surface area contributed by atoms with Crippen LogP contribution in [0.5, 0.6) is 11.8 Å². The minimum absolute atomic E-state index is 0. The molecular formula is C56H59BrF6N16O2S. The zero-order valence-electron chi connectivity index (χ0n) is 42.9. The number of imidazole rings is 2. The maximum atomic E-state index is 13.2. The molecule has 26 heteroatoms. The minimum atomic E-state index is -4.50. The molecule has 8 heterocycles. The second-order valence-electron chi connectivity index (χ2n) is 18.7. The molecule has 0 bridgehead atoms. The van der Waals surface area contributed by atoms with Crippen LogP contribution in [0.25, 0.3) is 67.6 Å². The fraction of sp³-hybridized carbons (Fsp3) is 0.357. The van der Waals surface area contributed by atoms with Gasteiger partial charge in [0, 0.05) is 60.8 Å². The molecule has 0 unspecified atom stereocenters. The third kappa shape index (κ3) is 12.0. The minimum Gasteiger partial charge on any atom is -0.480 e. The Morgan fingerprint density at radius 3 is 1.38 bits per heavy atom. The fourth-order valence-electron chi connectivity index (χ4n) is 9.20. The molecule has 12 rings (SSSR count). The van der Waals surface area contributed by atoms with E-state index in [1.165, 1.54) is 33.6 Å². The number of alkyl halides is 6. The SMILES string of the molecule is C.C.C.CCn1cc(C(F)(F)F)nc1-c1ccc(Cn2nc(Br)c3cnc(-c4c(OC)ncnc4C4CC4)nc32)cc1.CCn1cc(C(F)(F)F)nc1-c1ccc(Cn2nc(SC)c3cnc(-c4c(OC)ncnc4C4CC4)nc32)cc1. The van der Waals surface area contributed by atoms with Crippen molar-refractivity contribution < 1.29 is 35.8 Å². The summed E-state index contributed by atoms with van der Waals surface area (Å²) in [4.78, 5) is 44.2. The number of aryl methyl sites for hydroxylation is 2. The lowest BCUT2D eigenvalue weighted by molar-refractivity contribution is -0.141. The van der Waals surface area contributed by atoms with Crippen molar-refractivity contribution in [2.45, 2.75) is 117 Å². The van der Waals surface area contributed by atoms with Crippen LogP contribution in [0, 0.1) is 0 Å². The number of thioether (sulfide) groups is 1. The summed E-state index contributed by atoms with van der Waals surface area (Å²) in [5, 5.41) is 11.7. The van der Waals surface area contributed by atoms with E-state index in [4.69, 9.17) is 24.5 Å². The second kappa shape index (κ2) is 24.3. The van der Waals surface area contributed by atoms with Crippen molar-refractivity contribution in [3.63, 3.8) is 0 Å². The average Bonchev–Trinajstić information content (AvgIpc) is 3.85. The molecule has 0 amide bonds. The predicted octanol–water partition coefficient (Wildman–Crippen LogP) is 13.6. The predicted molar refractivity (Wildman–Crippen MR) is 304 cm³/mol. The smallest absolute Gasteiger partial charge is 0.434 e. The summed E-state index contributed by atoms with van der Waals surface area (Å²) in [7, 11) is 3.13. The number of nitrogens with zero attached hydrogens (tertiary/aromatic N) is 16. The topological polar surface area (TPSA) is 193 Å². The molecule has 0 atom stereocenters. The first-order valence-corrected chi connectivity index (χ1v) is 27.0. The summed E-state index contributed by atoms with van der Waals surface area (Å²) in [6, 6.07) is 14.5. The average molecular weight is 1210 g/mol. The quantitative estimate of drug-likeness (QED) is 0.0694. The van der Waals surface area contributed by atoms with Gasteiger partial charge in [-0.1, -0.05) is 70.8 Å². The molecule has 2 aromatic carbocycles. The maximum Gasteiger partial charge on any atom is 0.434 e. The molecule has 0 spiro atoms. The van der Waals surface area contributed by atoms with E-state index < -0.39 is 23.7 Å². The van der Waals surface area contributed by atoms with Gasteiger partial charge in [-0.25, -0.2) is 59.2 Å². The Bertz CT molecular complexity index is 3870. The Labute approximate surface area is 481 Å². The Morgan fingerprint density at radius 2 is 0.988 bits per heavy atom. The number of hydrogen-bond donors (Lipinski definition) is 0. The van der Waals surface area contributed by atoms with E-state index in [-0.39, 0.29) is 33.9 Å². The first-order valence-electron chi connectivity index (χ1n) is 25.0. The van der Waals surface area contributed by atoms with Crippen molar-refractivity contribution in [1.29, 1.82) is 0 Å². The van der Waals surface area contributed by atoms with Crippen molar-refractivity contribution in [2.24, 2.45) is 0 Å². The van der Waals surface area contributed by atoms with E-state index in [0.717, 1.165) is 76.4 Å². The van der Waals surface area contributed by atoms with Gasteiger partial charge in [-0.15, -0.1) is 11.8 Å². The van der Waals surface area contributed by atoms with Gasteiger partial charge in [0.15, 0.2) is 34.3 Å². The standard InChI is InChI=1S/C27H25F3N8OS.C26H22BrF3N8O.3CH4/c1-4-37-13-19(27(28,29)30)34-23(37)17-7-5-15(6-8-17)12-38-24-18(26(36-38)40-3)11-31-22(35-24)20-21(16-9-10-16)32-14-33-25(20)39-2;1-3-37-12-18(26(28,29)30)34-23(37)16-6-4-14(5-7-16)11-38-24-17(21(27)36-38)10-31-22(35-24)19-20(15-8-9-15)32-13-33-25(19)39-2;;;/h5-8,11,13-14,16H,4,9-10,12H2,1-3H3;4-7,10,12-13,15H,3,8-9,11H2,1-2H3;3*1H4. The number of aromatic nitrogens is 16.